The van der Waals surface area contributed by atoms with Crippen LogP contribution < -0.4 is 15.5 Å². The van der Waals surface area contributed by atoms with Crippen molar-refractivity contribution in [1.82, 2.24) is 14.2 Å². The van der Waals surface area contributed by atoms with Crippen LogP contribution in [0.25, 0.3) is 11.0 Å². The Bertz CT molecular complexity index is 957. The number of hydrazone groups is 1. The number of benzene rings is 2. The van der Waals surface area contributed by atoms with Crippen LogP contribution in [-0.2, 0) is 0 Å². The summed E-state index contributed by atoms with van der Waals surface area (Å²) in [5, 5.41) is 7.03. The average Bonchev–Trinajstić information content (AvgIpc) is 3.07. The van der Waals surface area contributed by atoms with E-state index < -0.39 is 6.03 Å². The number of aromatic nitrogens is 2. The molecule has 3 rings (SSSR count). The molecule has 0 bridgehead atoms. The third kappa shape index (κ3) is 3.70. The van der Waals surface area contributed by atoms with Crippen molar-refractivity contribution >= 4 is 52.3 Å². The number of nitrogens with one attached hydrogen (secondary N) is 2. The molecule has 0 spiro atoms. The van der Waals surface area contributed by atoms with E-state index in [-0.39, 0.29) is 0 Å². The van der Waals surface area contributed by atoms with Gasteiger partial charge in [0.25, 0.3) is 0 Å². The smallest absolute Gasteiger partial charge is 0.339 e. The summed E-state index contributed by atoms with van der Waals surface area (Å²) in [6.07, 6.45) is 1.45. The molecule has 0 saturated heterocycles. The van der Waals surface area contributed by atoms with E-state index in [1.807, 2.05) is 19.1 Å². The summed E-state index contributed by atoms with van der Waals surface area (Å²) in [6, 6.07) is 8.53. The summed E-state index contributed by atoms with van der Waals surface area (Å²) in [5.74, 6) is 0.581. The van der Waals surface area contributed by atoms with Crippen molar-refractivity contribution in [2.45, 2.75) is 6.92 Å². The number of hydrogen-bond donors (Lipinski definition) is 2. The second-order valence-electron chi connectivity index (χ2n) is 5.08. The number of nitrogens with zero attached hydrogens (tertiary/aromatic N) is 3. The van der Waals surface area contributed by atoms with Crippen molar-refractivity contribution < 1.29 is 9.53 Å². The first kappa shape index (κ1) is 17.1. The molecule has 7 nitrogen and oxygen atoms in total. The van der Waals surface area contributed by atoms with Gasteiger partial charge < -0.3 is 10.1 Å². The van der Waals surface area contributed by atoms with Gasteiger partial charge in [0, 0.05) is 5.56 Å². The van der Waals surface area contributed by atoms with Gasteiger partial charge in [0.15, 0.2) is 0 Å². The summed E-state index contributed by atoms with van der Waals surface area (Å²) < 4.78 is 13.5. The number of carbonyl (C=O) groups is 1. The topological polar surface area (TPSA) is 88.5 Å². The molecule has 0 atom stereocenters. The molecule has 2 amide bonds. The Balaban J connectivity index is 1.68. The highest BCUT2D eigenvalue weighted by Gasteiger charge is 2.09. The molecule has 2 aromatic carbocycles. The maximum Gasteiger partial charge on any atom is 0.339 e. The third-order valence-corrected chi connectivity index (χ3v) is 4.36. The van der Waals surface area contributed by atoms with Crippen LogP contribution in [-0.4, -0.2) is 28.1 Å². The maximum atomic E-state index is 12.0. The molecule has 1 heterocycles. The van der Waals surface area contributed by atoms with E-state index in [1.54, 1.807) is 25.3 Å². The minimum absolute atomic E-state index is 0.437. The SMILES string of the molecule is COc1c(C)ccc(/C=N/NC(=O)Nc2cccc3nsnc23)c1Cl. The van der Waals surface area contributed by atoms with E-state index in [9.17, 15) is 4.79 Å². The first-order valence-electron chi connectivity index (χ1n) is 7.24. The van der Waals surface area contributed by atoms with Gasteiger partial charge in [0.05, 0.1) is 35.8 Å². The van der Waals surface area contributed by atoms with Crippen molar-refractivity contribution in [3.63, 3.8) is 0 Å². The van der Waals surface area contributed by atoms with Crippen molar-refractivity contribution in [1.29, 1.82) is 0 Å². The Hall–Kier alpha value is -2.71. The van der Waals surface area contributed by atoms with Gasteiger partial charge in [0.1, 0.15) is 16.8 Å². The van der Waals surface area contributed by atoms with E-state index in [2.05, 4.69) is 24.6 Å². The van der Waals surface area contributed by atoms with Crippen molar-refractivity contribution in [3.05, 3.63) is 46.5 Å². The Morgan fingerprint density at radius 3 is 2.96 bits per heavy atom. The molecule has 25 heavy (non-hydrogen) atoms. The molecule has 0 aliphatic carbocycles. The number of halogens is 1. The fourth-order valence-electron chi connectivity index (χ4n) is 2.24. The van der Waals surface area contributed by atoms with Crippen molar-refractivity contribution in [2.24, 2.45) is 5.10 Å². The summed E-state index contributed by atoms with van der Waals surface area (Å²) in [7, 11) is 1.55. The van der Waals surface area contributed by atoms with E-state index in [1.165, 1.54) is 6.21 Å². The molecule has 128 valence electrons. The van der Waals surface area contributed by atoms with Crippen LogP contribution in [0, 0.1) is 6.92 Å². The van der Waals surface area contributed by atoms with Crippen LogP contribution in [0.15, 0.2) is 35.4 Å². The highest BCUT2D eigenvalue weighted by atomic mass is 35.5. The van der Waals surface area contributed by atoms with Crippen LogP contribution in [0.2, 0.25) is 5.02 Å². The van der Waals surface area contributed by atoms with Crippen LogP contribution >= 0.6 is 23.3 Å². The summed E-state index contributed by atoms with van der Waals surface area (Å²) in [4.78, 5) is 12.0. The Morgan fingerprint density at radius 2 is 2.16 bits per heavy atom. The number of methoxy groups -OCH3 is 1. The van der Waals surface area contributed by atoms with Gasteiger partial charge in [-0.15, -0.1) is 0 Å². The van der Waals surface area contributed by atoms with Gasteiger partial charge in [-0.25, -0.2) is 10.2 Å². The Kier molecular flexibility index (Phi) is 5.11. The summed E-state index contributed by atoms with van der Waals surface area (Å²) in [5.41, 5.74) is 5.87. The van der Waals surface area contributed by atoms with E-state index >= 15 is 0 Å². The lowest BCUT2D eigenvalue weighted by atomic mass is 10.1. The average molecular weight is 376 g/mol. The number of rotatable bonds is 4. The molecule has 3 aromatic rings. The lowest BCUT2D eigenvalue weighted by molar-refractivity contribution is 0.252. The summed E-state index contributed by atoms with van der Waals surface area (Å²) >= 11 is 7.34. The number of anilines is 1. The molecule has 0 unspecified atom stereocenters. The number of urea groups is 1. The standard InChI is InChI=1S/C16H14ClN5O2S/c1-9-6-7-10(13(17)15(9)24-2)8-18-20-16(23)19-11-4-3-5-12-14(11)22-25-21-12/h3-8H,1-2H3,(H2,19,20,23)/b18-8+. The van der Waals surface area contributed by atoms with Gasteiger partial charge in [-0.3, -0.25) is 0 Å². The van der Waals surface area contributed by atoms with E-state index in [0.717, 1.165) is 22.8 Å². The van der Waals surface area contributed by atoms with Crippen LogP contribution in [0.3, 0.4) is 0 Å². The Labute approximate surface area is 153 Å². The zero-order chi connectivity index (χ0) is 17.8. The predicted molar refractivity (Wildman–Crippen MR) is 99.9 cm³/mol. The molecule has 9 heteroatoms. The molecule has 2 N–H and O–H groups in total. The molecule has 0 aliphatic rings. The lowest BCUT2D eigenvalue weighted by Crippen LogP contribution is -2.24. The predicted octanol–water partition coefficient (Wildman–Crippen LogP) is 3.82. The Morgan fingerprint density at radius 1 is 1.32 bits per heavy atom. The minimum atomic E-state index is -0.494. The van der Waals surface area contributed by atoms with Gasteiger partial charge >= 0.3 is 6.03 Å². The zero-order valence-electron chi connectivity index (χ0n) is 13.4. The number of ether oxygens (including phenoxy) is 1. The number of amides is 2. The second kappa shape index (κ2) is 7.45. The summed E-state index contributed by atoms with van der Waals surface area (Å²) in [6.45, 7) is 1.89. The normalized spacial score (nSPS) is 11.0. The van der Waals surface area contributed by atoms with Crippen LogP contribution in [0.1, 0.15) is 11.1 Å². The quantitative estimate of drug-likeness (QED) is 0.536. The minimum Gasteiger partial charge on any atom is -0.495 e. The molecule has 0 fully saturated rings. The van der Waals surface area contributed by atoms with Gasteiger partial charge in [-0.2, -0.15) is 13.8 Å². The molecular weight excluding hydrogens is 362 g/mol. The monoisotopic (exact) mass is 375 g/mol. The highest BCUT2D eigenvalue weighted by molar-refractivity contribution is 7.00. The van der Waals surface area contributed by atoms with Crippen molar-refractivity contribution in [3.8, 4) is 5.75 Å². The third-order valence-electron chi connectivity index (χ3n) is 3.43. The van der Waals surface area contributed by atoms with Crippen LogP contribution in [0.4, 0.5) is 10.5 Å². The fourth-order valence-corrected chi connectivity index (χ4v) is 3.12. The number of aryl methyl sites for hydroxylation is 1. The maximum absolute atomic E-state index is 12.0. The van der Waals surface area contributed by atoms with Gasteiger partial charge in [-0.1, -0.05) is 29.8 Å². The fraction of sp³-hybridized carbons (Fsp3) is 0.125. The first-order chi connectivity index (χ1) is 12.1. The van der Waals surface area contributed by atoms with Crippen molar-refractivity contribution in [2.75, 3.05) is 12.4 Å². The largest absolute Gasteiger partial charge is 0.495 e. The zero-order valence-corrected chi connectivity index (χ0v) is 15.0. The number of fused-ring (bicyclic) bond motifs is 1. The highest BCUT2D eigenvalue weighted by Crippen LogP contribution is 2.30. The van der Waals surface area contributed by atoms with Gasteiger partial charge in [0.2, 0.25) is 0 Å². The molecular formula is C16H14ClN5O2S. The molecule has 0 aliphatic heterocycles. The van der Waals surface area contributed by atoms with E-state index in [4.69, 9.17) is 16.3 Å². The first-order valence-corrected chi connectivity index (χ1v) is 8.35. The second-order valence-corrected chi connectivity index (χ2v) is 5.99. The lowest BCUT2D eigenvalue weighted by Gasteiger charge is -2.08. The molecule has 0 saturated carbocycles. The number of hydrogen-bond acceptors (Lipinski definition) is 6. The van der Waals surface area contributed by atoms with Gasteiger partial charge in [-0.05, 0) is 24.6 Å². The van der Waals surface area contributed by atoms with E-state index in [0.29, 0.717) is 27.5 Å². The van der Waals surface area contributed by atoms with Crippen LogP contribution in [0.5, 0.6) is 5.75 Å². The molecule has 1 aromatic heterocycles. The molecule has 0 radical (unpaired) electrons. The number of carbonyl (C=O) groups excluding carboxylic acids is 1.